The summed E-state index contributed by atoms with van der Waals surface area (Å²) in [5, 5.41) is 10.7. The van der Waals surface area contributed by atoms with E-state index in [0.717, 1.165) is 30.8 Å². The lowest BCUT2D eigenvalue weighted by Crippen LogP contribution is -2.50. The van der Waals surface area contributed by atoms with Crippen molar-refractivity contribution in [3.05, 3.63) is 29.6 Å². The van der Waals surface area contributed by atoms with E-state index in [2.05, 4.69) is 37.6 Å². The van der Waals surface area contributed by atoms with Gasteiger partial charge in [0.25, 0.3) is 0 Å². The van der Waals surface area contributed by atoms with Gasteiger partial charge in [-0.05, 0) is 39.4 Å². The Balaban J connectivity index is 3.03. The number of nitrogens with zero attached hydrogens (tertiary/aromatic N) is 2. The average molecular weight is 250 g/mol. The highest BCUT2D eigenvalue weighted by Crippen LogP contribution is 2.33. The summed E-state index contributed by atoms with van der Waals surface area (Å²) in [5.41, 5.74) is 1.64. The SMILES string of the molecule is CCN(CC)C(C)(CC)C(O)c1ccc(C)nc1. The second-order valence-electron chi connectivity index (χ2n) is 5.02. The quantitative estimate of drug-likeness (QED) is 0.843. The van der Waals surface area contributed by atoms with Gasteiger partial charge in [-0.1, -0.05) is 26.8 Å². The normalized spacial score (nSPS) is 16.6. The van der Waals surface area contributed by atoms with Crippen LogP contribution in [0.5, 0.6) is 0 Å². The third-order valence-electron chi connectivity index (χ3n) is 4.04. The predicted molar refractivity (Wildman–Crippen MR) is 75.6 cm³/mol. The van der Waals surface area contributed by atoms with Crippen molar-refractivity contribution in [2.75, 3.05) is 13.1 Å². The third kappa shape index (κ3) is 2.90. The maximum absolute atomic E-state index is 10.7. The predicted octanol–water partition coefficient (Wildman–Crippen LogP) is 2.93. The molecule has 18 heavy (non-hydrogen) atoms. The van der Waals surface area contributed by atoms with Gasteiger partial charge in [0.05, 0.1) is 6.10 Å². The molecule has 0 saturated carbocycles. The minimum atomic E-state index is -0.504. The van der Waals surface area contributed by atoms with E-state index in [9.17, 15) is 5.11 Å². The van der Waals surface area contributed by atoms with E-state index in [-0.39, 0.29) is 5.54 Å². The lowest BCUT2D eigenvalue weighted by molar-refractivity contribution is -0.0215. The van der Waals surface area contributed by atoms with E-state index in [1.807, 2.05) is 19.1 Å². The van der Waals surface area contributed by atoms with Crippen LogP contribution in [0.4, 0.5) is 0 Å². The Labute approximate surface area is 111 Å². The molecule has 0 aromatic carbocycles. The maximum Gasteiger partial charge on any atom is 0.0985 e. The Morgan fingerprint density at radius 2 is 1.89 bits per heavy atom. The zero-order chi connectivity index (χ0) is 13.8. The molecule has 0 saturated heterocycles. The van der Waals surface area contributed by atoms with Crippen molar-refractivity contribution >= 4 is 0 Å². The molecule has 2 unspecified atom stereocenters. The molecule has 0 bridgehead atoms. The molecule has 102 valence electrons. The Morgan fingerprint density at radius 1 is 1.28 bits per heavy atom. The first kappa shape index (κ1) is 15.1. The standard InChI is InChI=1S/C15H26N2O/c1-6-15(5,17(7-2)8-3)14(18)13-10-9-12(4)16-11-13/h9-11,14,18H,6-8H2,1-5H3. The maximum atomic E-state index is 10.7. The Morgan fingerprint density at radius 3 is 2.28 bits per heavy atom. The molecule has 1 heterocycles. The van der Waals surface area contributed by atoms with Gasteiger partial charge in [0.15, 0.2) is 0 Å². The van der Waals surface area contributed by atoms with Gasteiger partial charge in [-0.15, -0.1) is 0 Å². The number of aryl methyl sites for hydroxylation is 1. The number of aliphatic hydroxyl groups is 1. The van der Waals surface area contributed by atoms with Gasteiger partial charge in [0, 0.05) is 23.0 Å². The molecule has 0 radical (unpaired) electrons. The highest BCUT2D eigenvalue weighted by atomic mass is 16.3. The van der Waals surface area contributed by atoms with Crippen LogP contribution in [0, 0.1) is 6.92 Å². The molecule has 3 heteroatoms. The van der Waals surface area contributed by atoms with Crippen molar-refractivity contribution < 1.29 is 5.11 Å². The largest absolute Gasteiger partial charge is 0.386 e. The van der Waals surface area contributed by atoms with E-state index in [0.29, 0.717) is 0 Å². The van der Waals surface area contributed by atoms with Gasteiger partial charge in [0.1, 0.15) is 0 Å². The monoisotopic (exact) mass is 250 g/mol. The summed E-state index contributed by atoms with van der Waals surface area (Å²) in [5.74, 6) is 0. The molecule has 0 amide bonds. The van der Waals surface area contributed by atoms with E-state index in [4.69, 9.17) is 0 Å². The first-order valence-corrected chi connectivity index (χ1v) is 6.85. The van der Waals surface area contributed by atoms with Crippen LogP contribution < -0.4 is 0 Å². The van der Waals surface area contributed by atoms with E-state index < -0.39 is 6.10 Å². The van der Waals surface area contributed by atoms with Crippen LogP contribution in [0.1, 0.15) is 51.5 Å². The van der Waals surface area contributed by atoms with Gasteiger partial charge >= 0.3 is 0 Å². The minimum Gasteiger partial charge on any atom is -0.386 e. The van der Waals surface area contributed by atoms with E-state index in [1.54, 1.807) is 6.20 Å². The number of aliphatic hydroxyl groups excluding tert-OH is 1. The zero-order valence-electron chi connectivity index (χ0n) is 12.3. The minimum absolute atomic E-state index is 0.236. The van der Waals surface area contributed by atoms with Crippen molar-refractivity contribution in [3.8, 4) is 0 Å². The van der Waals surface area contributed by atoms with E-state index in [1.165, 1.54) is 0 Å². The Kier molecular flexibility index (Phi) is 5.29. The average Bonchev–Trinajstić information content (AvgIpc) is 2.39. The number of hydrogen-bond acceptors (Lipinski definition) is 3. The Bertz CT molecular complexity index is 359. The van der Waals surface area contributed by atoms with Gasteiger partial charge < -0.3 is 5.11 Å². The van der Waals surface area contributed by atoms with Crippen LogP contribution in [0.25, 0.3) is 0 Å². The van der Waals surface area contributed by atoms with Gasteiger partial charge in [0.2, 0.25) is 0 Å². The first-order valence-electron chi connectivity index (χ1n) is 6.85. The van der Waals surface area contributed by atoms with Crippen LogP contribution in [-0.4, -0.2) is 33.6 Å². The molecule has 1 aromatic heterocycles. The second kappa shape index (κ2) is 6.30. The number of pyridine rings is 1. The van der Waals surface area contributed by atoms with Crippen molar-refractivity contribution in [2.45, 2.75) is 52.7 Å². The molecule has 1 rings (SSSR count). The van der Waals surface area contributed by atoms with Crippen LogP contribution >= 0.6 is 0 Å². The lowest BCUT2D eigenvalue weighted by atomic mass is 9.85. The smallest absolute Gasteiger partial charge is 0.0985 e. The van der Waals surface area contributed by atoms with E-state index >= 15 is 0 Å². The van der Waals surface area contributed by atoms with Gasteiger partial charge in [-0.3, -0.25) is 9.88 Å². The summed E-state index contributed by atoms with van der Waals surface area (Å²) in [6, 6.07) is 3.93. The molecule has 1 N–H and O–H groups in total. The second-order valence-corrected chi connectivity index (χ2v) is 5.02. The summed E-state index contributed by atoms with van der Waals surface area (Å²) in [6.45, 7) is 12.4. The molecule has 1 aromatic rings. The van der Waals surface area contributed by atoms with Crippen LogP contribution in [0.2, 0.25) is 0 Å². The molecule has 0 spiro atoms. The molecule has 0 aliphatic carbocycles. The molecular weight excluding hydrogens is 224 g/mol. The van der Waals surface area contributed by atoms with Crippen molar-refractivity contribution in [1.82, 2.24) is 9.88 Å². The lowest BCUT2D eigenvalue weighted by Gasteiger charge is -2.43. The van der Waals surface area contributed by atoms with Gasteiger partial charge in [-0.25, -0.2) is 0 Å². The molecule has 0 aliphatic rings. The van der Waals surface area contributed by atoms with Crippen LogP contribution in [-0.2, 0) is 0 Å². The topological polar surface area (TPSA) is 36.4 Å². The molecule has 0 fully saturated rings. The summed E-state index contributed by atoms with van der Waals surface area (Å²) in [4.78, 5) is 6.60. The molecule has 2 atom stereocenters. The number of likely N-dealkylation sites (N-methyl/N-ethyl adjacent to an activating group) is 1. The van der Waals surface area contributed by atoms with Crippen molar-refractivity contribution in [1.29, 1.82) is 0 Å². The number of rotatable bonds is 6. The highest BCUT2D eigenvalue weighted by Gasteiger charge is 2.36. The summed E-state index contributed by atoms with van der Waals surface area (Å²) < 4.78 is 0. The first-order chi connectivity index (χ1) is 8.49. The van der Waals surface area contributed by atoms with Gasteiger partial charge in [-0.2, -0.15) is 0 Å². The number of aromatic nitrogens is 1. The summed E-state index contributed by atoms with van der Waals surface area (Å²) in [6.07, 6.45) is 2.19. The summed E-state index contributed by atoms with van der Waals surface area (Å²) in [7, 11) is 0. The molecule has 3 nitrogen and oxygen atoms in total. The molecular formula is C15H26N2O. The van der Waals surface area contributed by atoms with Crippen LogP contribution in [0.3, 0.4) is 0 Å². The van der Waals surface area contributed by atoms with Crippen molar-refractivity contribution in [2.24, 2.45) is 0 Å². The fraction of sp³-hybridized carbons (Fsp3) is 0.667. The summed E-state index contributed by atoms with van der Waals surface area (Å²) >= 11 is 0. The molecule has 0 aliphatic heterocycles. The fourth-order valence-electron chi connectivity index (χ4n) is 2.54. The number of hydrogen-bond donors (Lipinski definition) is 1. The van der Waals surface area contributed by atoms with Crippen LogP contribution in [0.15, 0.2) is 18.3 Å². The third-order valence-corrected chi connectivity index (χ3v) is 4.04. The highest BCUT2D eigenvalue weighted by molar-refractivity contribution is 5.19. The zero-order valence-corrected chi connectivity index (χ0v) is 12.3. The Hall–Kier alpha value is -0.930. The van der Waals surface area contributed by atoms with Crippen molar-refractivity contribution in [3.63, 3.8) is 0 Å². The fourth-order valence-corrected chi connectivity index (χ4v) is 2.54.